The highest BCUT2D eigenvalue weighted by atomic mass is 16.2. The SMILES string of the molecule is CCC[C@@H]1CN(C(=O)CCCc2cn[nH]c2)C[C@H]1N. The molecule has 2 heterocycles. The first-order chi connectivity index (χ1) is 9.20. The van der Waals surface area contributed by atoms with Gasteiger partial charge in [-0.3, -0.25) is 9.89 Å². The van der Waals surface area contributed by atoms with E-state index in [-0.39, 0.29) is 11.9 Å². The molecule has 0 bridgehead atoms. The van der Waals surface area contributed by atoms with Gasteiger partial charge >= 0.3 is 0 Å². The van der Waals surface area contributed by atoms with Crippen molar-refractivity contribution in [3.8, 4) is 0 Å². The van der Waals surface area contributed by atoms with Crippen molar-refractivity contribution in [2.45, 2.75) is 45.1 Å². The van der Waals surface area contributed by atoms with E-state index in [1.54, 1.807) is 0 Å². The third-order valence-electron chi connectivity index (χ3n) is 3.91. The zero-order chi connectivity index (χ0) is 13.7. The Bertz CT molecular complexity index is 390. The van der Waals surface area contributed by atoms with E-state index < -0.39 is 0 Å². The number of H-pyrrole nitrogens is 1. The van der Waals surface area contributed by atoms with Crippen LogP contribution in [0.2, 0.25) is 0 Å². The minimum atomic E-state index is 0.165. The molecule has 1 fully saturated rings. The number of carbonyl (C=O) groups excluding carboxylic acids is 1. The van der Waals surface area contributed by atoms with E-state index in [9.17, 15) is 4.79 Å². The summed E-state index contributed by atoms with van der Waals surface area (Å²) in [4.78, 5) is 14.1. The topological polar surface area (TPSA) is 75.0 Å². The first kappa shape index (κ1) is 14.1. The summed E-state index contributed by atoms with van der Waals surface area (Å²) in [5, 5.41) is 6.69. The maximum Gasteiger partial charge on any atom is 0.222 e. The average Bonchev–Trinajstić information content (AvgIpc) is 3.01. The second-order valence-corrected chi connectivity index (χ2v) is 5.47. The summed E-state index contributed by atoms with van der Waals surface area (Å²) in [7, 11) is 0. The molecule has 5 nitrogen and oxygen atoms in total. The van der Waals surface area contributed by atoms with Crippen LogP contribution in [0.1, 0.15) is 38.2 Å². The Kier molecular flexibility index (Phi) is 4.96. The van der Waals surface area contributed by atoms with E-state index >= 15 is 0 Å². The Morgan fingerprint density at radius 2 is 2.42 bits per heavy atom. The summed E-state index contributed by atoms with van der Waals surface area (Å²) in [5.41, 5.74) is 7.25. The van der Waals surface area contributed by atoms with Crippen LogP contribution in [-0.4, -0.2) is 40.1 Å². The molecule has 1 amide bonds. The van der Waals surface area contributed by atoms with E-state index in [1.165, 1.54) is 0 Å². The van der Waals surface area contributed by atoms with Crippen molar-refractivity contribution in [1.82, 2.24) is 15.1 Å². The molecule has 1 aromatic heterocycles. The monoisotopic (exact) mass is 264 g/mol. The molecule has 0 aliphatic carbocycles. The van der Waals surface area contributed by atoms with Gasteiger partial charge in [-0.15, -0.1) is 0 Å². The quantitative estimate of drug-likeness (QED) is 0.813. The van der Waals surface area contributed by atoms with Crippen LogP contribution in [0.4, 0.5) is 0 Å². The number of amides is 1. The molecule has 0 radical (unpaired) electrons. The van der Waals surface area contributed by atoms with Gasteiger partial charge in [0.25, 0.3) is 0 Å². The van der Waals surface area contributed by atoms with Gasteiger partial charge in [0.15, 0.2) is 0 Å². The van der Waals surface area contributed by atoms with Crippen LogP contribution in [0.15, 0.2) is 12.4 Å². The van der Waals surface area contributed by atoms with E-state index in [0.29, 0.717) is 12.3 Å². The molecule has 3 N–H and O–H groups in total. The maximum absolute atomic E-state index is 12.1. The molecule has 1 aliphatic heterocycles. The average molecular weight is 264 g/mol. The van der Waals surface area contributed by atoms with Crippen molar-refractivity contribution in [1.29, 1.82) is 0 Å². The third kappa shape index (κ3) is 3.80. The normalized spacial score (nSPS) is 22.9. The van der Waals surface area contributed by atoms with Crippen molar-refractivity contribution < 1.29 is 4.79 Å². The zero-order valence-corrected chi connectivity index (χ0v) is 11.6. The fourth-order valence-electron chi connectivity index (χ4n) is 2.79. The number of hydrogen-bond acceptors (Lipinski definition) is 3. The van der Waals surface area contributed by atoms with Crippen molar-refractivity contribution >= 4 is 5.91 Å². The Labute approximate surface area is 114 Å². The molecule has 0 aromatic carbocycles. The number of hydrogen-bond donors (Lipinski definition) is 2. The highest BCUT2D eigenvalue weighted by Gasteiger charge is 2.31. The molecule has 0 unspecified atom stereocenters. The van der Waals surface area contributed by atoms with Gasteiger partial charge in [-0.2, -0.15) is 5.10 Å². The van der Waals surface area contributed by atoms with Crippen molar-refractivity contribution in [2.24, 2.45) is 11.7 Å². The molecule has 1 aromatic rings. The fourth-order valence-corrected chi connectivity index (χ4v) is 2.79. The summed E-state index contributed by atoms with van der Waals surface area (Å²) < 4.78 is 0. The van der Waals surface area contributed by atoms with Crippen LogP contribution < -0.4 is 5.73 Å². The second kappa shape index (κ2) is 6.70. The number of likely N-dealkylation sites (tertiary alicyclic amines) is 1. The molecular formula is C14H24N4O. The number of nitrogens with one attached hydrogen (secondary N) is 1. The Morgan fingerprint density at radius 1 is 1.58 bits per heavy atom. The largest absolute Gasteiger partial charge is 0.341 e. The summed E-state index contributed by atoms with van der Waals surface area (Å²) >= 11 is 0. The van der Waals surface area contributed by atoms with Crippen LogP contribution in [0.5, 0.6) is 0 Å². The first-order valence-corrected chi connectivity index (χ1v) is 7.21. The van der Waals surface area contributed by atoms with Gasteiger partial charge in [0.2, 0.25) is 5.91 Å². The molecule has 2 rings (SSSR count). The number of aromatic nitrogens is 2. The molecule has 2 atom stereocenters. The summed E-state index contributed by atoms with van der Waals surface area (Å²) in [6.07, 6.45) is 8.35. The van der Waals surface area contributed by atoms with Gasteiger partial charge in [0.1, 0.15) is 0 Å². The summed E-state index contributed by atoms with van der Waals surface area (Å²) in [5.74, 6) is 0.736. The van der Waals surface area contributed by atoms with Gasteiger partial charge in [0.05, 0.1) is 6.20 Å². The van der Waals surface area contributed by atoms with Gasteiger partial charge < -0.3 is 10.6 Å². The molecule has 106 valence electrons. The number of aryl methyl sites for hydroxylation is 1. The van der Waals surface area contributed by atoms with Crippen LogP contribution in [0.3, 0.4) is 0 Å². The van der Waals surface area contributed by atoms with Crippen molar-refractivity contribution in [3.63, 3.8) is 0 Å². The Balaban J connectivity index is 1.72. The minimum Gasteiger partial charge on any atom is -0.341 e. The minimum absolute atomic E-state index is 0.165. The highest BCUT2D eigenvalue weighted by molar-refractivity contribution is 5.76. The van der Waals surface area contributed by atoms with Gasteiger partial charge in [-0.25, -0.2) is 0 Å². The molecule has 0 spiro atoms. The molecule has 0 saturated carbocycles. The van der Waals surface area contributed by atoms with E-state index in [2.05, 4.69) is 17.1 Å². The lowest BCUT2D eigenvalue weighted by Crippen LogP contribution is -2.32. The summed E-state index contributed by atoms with van der Waals surface area (Å²) in [6.45, 7) is 3.75. The van der Waals surface area contributed by atoms with Crippen LogP contribution in [-0.2, 0) is 11.2 Å². The number of carbonyl (C=O) groups is 1. The molecule has 19 heavy (non-hydrogen) atoms. The third-order valence-corrected chi connectivity index (χ3v) is 3.91. The lowest BCUT2D eigenvalue weighted by molar-refractivity contribution is -0.130. The van der Waals surface area contributed by atoms with Crippen molar-refractivity contribution in [2.75, 3.05) is 13.1 Å². The van der Waals surface area contributed by atoms with Crippen LogP contribution in [0, 0.1) is 5.92 Å². The van der Waals surface area contributed by atoms with E-state index in [1.807, 2.05) is 17.3 Å². The maximum atomic E-state index is 12.1. The van der Waals surface area contributed by atoms with E-state index in [4.69, 9.17) is 5.73 Å². The summed E-state index contributed by atoms with van der Waals surface area (Å²) in [6, 6.07) is 0.165. The number of rotatable bonds is 6. The standard InChI is InChI=1S/C14H24N4O/c1-2-4-12-9-18(10-13(12)15)14(19)6-3-5-11-7-16-17-8-11/h7-8,12-13H,2-6,9-10,15H2,1H3,(H,16,17)/t12-,13-/m1/s1. The fraction of sp³-hybridized carbons (Fsp3) is 0.714. The van der Waals surface area contributed by atoms with Gasteiger partial charge in [-0.1, -0.05) is 13.3 Å². The smallest absolute Gasteiger partial charge is 0.222 e. The number of nitrogens with zero attached hydrogens (tertiary/aromatic N) is 2. The lowest BCUT2D eigenvalue weighted by atomic mass is 9.99. The van der Waals surface area contributed by atoms with Crippen LogP contribution in [0.25, 0.3) is 0 Å². The van der Waals surface area contributed by atoms with Crippen molar-refractivity contribution in [3.05, 3.63) is 18.0 Å². The van der Waals surface area contributed by atoms with Gasteiger partial charge in [0, 0.05) is 31.7 Å². The van der Waals surface area contributed by atoms with Gasteiger partial charge in [-0.05, 0) is 30.7 Å². The molecule has 1 saturated heterocycles. The van der Waals surface area contributed by atoms with Crippen LogP contribution >= 0.6 is 0 Å². The highest BCUT2D eigenvalue weighted by Crippen LogP contribution is 2.21. The second-order valence-electron chi connectivity index (χ2n) is 5.47. The Hall–Kier alpha value is -1.36. The predicted octanol–water partition coefficient (Wildman–Crippen LogP) is 1.32. The Morgan fingerprint density at radius 3 is 3.11 bits per heavy atom. The van der Waals surface area contributed by atoms with E-state index in [0.717, 1.165) is 44.3 Å². The molecule has 1 aliphatic rings. The first-order valence-electron chi connectivity index (χ1n) is 7.21. The lowest BCUT2D eigenvalue weighted by Gasteiger charge is -2.16. The number of nitrogens with two attached hydrogens (primary N) is 1. The molecule has 5 heteroatoms. The predicted molar refractivity (Wildman–Crippen MR) is 74.5 cm³/mol. The number of aromatic amines is 1. The molecular weight excluding hydrogens is 240 g/mol. The zero-order valence-electron chi connectivity index (χ0n) is 11.6.